The normalized spacial score (nSPS) is 31.6. The van der Waals surface area contributed by atoms with Crippen molar-refractivity contribution in [3.63, 3.8) is 0 Å². The molecule has 1 amide bonds. The highest BCUT2D eigenvalue weighted by Gasteiger charge is 2.57. The SMILES string of the molecule is COc1cccc(-c2noc(COC(=O)[C@H]3CCCN3C(=O)C34CC5CC(CC(C5)C3)C4)n2)c1. The number of likely N-dealkylation sites (tertiary alicyclic amines) is 1. The second-order valence-electron chi connectivity index (χ2n) is 10.7. The van der Waals surface area contributed by atoms with Crippen molar-refractivity contribution < 1.29 is 23.6 Å². The van der Waals surface area contributed by atoms with E-state index < -0.39 is 6.04 Å². The van der Waals surface area contributed by atoms with Gasteiger partial charge in [-0.2, -0.15) is 4.98 Å². The number of hydrogen-bond donors (Lipinski definition) is 0. The zero-order valence-electron chi connectivity index (χ0n) is 19.6. The van der Waals surface area contributed by atoms with Gasteiger partial charge in [0.15, 0.2) is 6.61 Å². The highest BCUT2D eigenvalue weighted by Crippen LogP contribution is 2.60. The van der Waals surface area contributed by atoms with Crippen LogP contribution in [0, 0.1) is 23.2 Å². The molecule has 0 spiro atoms. The summed E-state index contributed by atoms with van der Waals surface area (Å²) in [7, 11) is 1.60. The van der Waals surface area contributed by atoms with Gasteiger partial charge >= 0.3 is 5.97 Å². The lowest BCUT2D eigenvalue weighted by Gasteiger charge is -2.56. The Morgan fingerprint density at radius 1 is 1.15 bits per heavy atom. The van der Waals surface area contributed by atoms with Crippen LogP contribution in [0.2, 0.25) is 0 Å². The number of carbonyl (C=O) groups is 2. The van der Waals surface area contributed by atoms with Crippen LogP contribution >= 0.6 is 0 Å². The summed E-state index contributed by atoms with van der Waals surface area (Å²) in [5.74, 6) is 3.23. The lowest BCUT2D eigenvalue weighted by atomic mass is 9.49. The quantitative estimate of drug-likeness (QED) is 0.595. The van der Waals surface area contributed by atoms with Crippen LogP contribution in [0.3, 0.4) is 0 Å². The fourth-order valence-corrected chi connectivity index (χ4v) is 7.35. The van der Waals surface area contributed by atoms with Crippen molar-refractivity contribution in [2.45, 2.75) is 64.0 Å². The van der Waals surface area contributed by atoms with Gasteiger partial charge in [-0.1, -0.05) is 17.3 Å². The van der Waals surface area contributed by atoms with Crippen molar-refractivity contribution in [2.24, 2.45) is 23.2 Å². The monoisotopic (exact) mass is 465 g/mol. The van der Waals surface area contributed by atoms with Gasteiger partial charge in [-0.05, 0) is 81.3 Å². The fraction of sp³-hybridized carbons (Fsp3) is 0.615. The zero-order chi connectivity index (χ0) is 23.3. The minimum atomic E-state index is -0.513. The Kier molecular flexibility index (Phi) is 5.34. The number of nitrogens with zero attached hydrogens (tertiary/aromatic N) is 3. The second-order valence-corrected chi connectivity index (χ2v) is 10.7. The van der Waals surface area contributed by atoms with Gasteiger partial charge in [0.25, 0.3) is 5.89 Å². The topological polar surface area (TPSA) is 94.8 Å². The van der Waals surface area contributed by atoms with Crippen molar-refractivity contribution in [3.05, 3.63) is 30.2 Å². The Morgan fingerprint density at radius 3 is 2.59 bits per heavy atom. The van der Waals surface area contributed by atoms with E-state index in [2.05, 4.69) is 10.1 Å². The van der Waals surface area contributed by atoms with E-state index in [0.29, 0.717) is 42.3 Å². The molecule has 8 heteroatoms. The van der Waals surface area contributed by atoms with Gasteiger partial charge in [-0.25, -0.2) is 4.79 Å². The van der Waals surface area contributed by atoms with E-state index in [9.17, 15) is 9.59 Å². The third-order valence-corrected chi connectivity index (χ3v) is 8.41. The number of amides is 1. The van der Waals surface area contributed by atoms with Crippen molar-refractivity contribution in [3.8, 4) is 17.1 Å². The molecule has 2 aromatic rings. The first-order chi connectivity index (χ1) is 16.5. The van der Waals surface area contributed by atoms with Gasteiger partial charge in [-0.3, -0.25) is 4.79 Å². The Balaban J connectivity index is 1.10. The third-order valence-electron chi connectivity index (χ3n) is 8.41. The van der Waals surface area contributed by atoms with Crippen molar-refractivity contribution in [2.75, 3.05) is 13.7 Å². The van der Waals surface area contributed by atoms with E-state index in [1.807, 2.05) is 29.2 Å². The summed E-state index contributed by atoms with van der Waals surface area (Å²) in [5.41, 5.74) is 0.513. The average Bonchev–Trinajstić information content (AvgIpc) is 3.51. The summed E-state index contributed by atoms with van der Waals surface area (Å²) in [6.45, 7) is 0.534. The standard InChI is InChI=1S/C26H31N3O5/c1-32-20-5-2-4-19(11-20)23-27-22(34-28-23)15-33-24(30)21-6-3-7-29(21)25(31)26-12-16-8-17(13-26)10-18(9-16)14-26/h2,4-5,11,16-18,21H,3,6-10,12-15H2,1H3/t16?,17?,18?,21-,26?/m1/s1. The summed E-state index contributed by atoms with van der Waals surface area (Å²) in [5, 5.41) is 3.99. The molecule has 5 fully saturated rings. The molecular weight excluding hydrogens is 434 g/mol. The lowest BCUT2D eigenvalue weighted by Crippen LogP contribution is -2.56. The minimum absolute atomic E-state index is 0.105. The lowest BCUT2D eigenvalue weighted by molar-refractivity contribution is -0.166. The predicted molar refractivity (Wildman–Crippen MR) is 121 cm³/mol. The molecule has 1 aromatic heterocycles. The molecule has 0 unspecified atom stereocenters. The van der Waals surface area contributed by atoms with Gasteiger partial charge in [0.05, 0.1) is 12.5 Å². The van der Waals surface area contributed by atoms with E-state index in [1.165, 1.54) is 19.3 Å². The first kappa shape index (κ1) is 21.6. The molecule has 4 aliphatic carbocycles. The molecule has 1 aliphatic heterocycles. The van der Waals surface area contributed by atoms with E-state index >= 15 is 0 Å². The molecule has 180 valence electrons. The van der Waals surface area contributed by atoms with Crippen LogP contribution in [0.25, 0.3) is 11.4 Å². The Hall–Kier alpha value is -2.90. The maximum Gasteiger partial charge on any atom is 0.329 e. The van der Waals surface area contributed by atoms with E-state index in [-0.39, 0.29) is 29.8 Å². The maximum atomic E-state index is 13.8. The first-order valence-electron chi connectivity index (χ1n) is 12.5. The molecule has 34 heavy (non-hydrogen) atoms. The van der Waals surface area contributed by atoms with Crippen molar-refractivity contribution >= 4 is 11.9 Å². The van der Waals surface area contributed by atoms with Crippen LogP contribution in [0.4, 0.5) is 0 Å². The number of esters is 1. The second kappa shape index (κ2) is 8.40. The molecule has 0 radical (unpaired) electrons. The molecule has 1 aromatic carbocycles. The van der Waals surface area contributed by atoms with E-state index in [0.717, 1.165) is 31.2 Å². The molecule has 2 heterocycles. The van der Waals surface area contributed by atoms with E-state index in [4.69, 9.17) is 14.0 Å². The van der Waals surface area contributed by atoms with Gasteiger partial charge in [-0.15, -0.1) is 0 Å². The van der Waals surface area contributed by atoms with E-state index in [1.54, 1.807) is 7.11 Å². The summed E-state index contributed by atoms with van der Waals surface area (Å²) in [6, 6.07) is 6.84. The summed E-state index contributed by atoms with van der Waals surface area (Å²) in [6.07, 6.45) is 8.37. The molecule has 1 atom stereocenters. The number of methoxy groups -OCH3 is 1. The van der Waals surface area contributed by atoms with Gasteiger partial charge in [0, 0.05) is 12.1 Å². The van der Waals surface area contributed by atoms with Crippen molar-refractivity contribution in [1.82, 2.24) is 15.0 Å². The first-order valence-corrected chi connectivity index (χ1v) is 12.5. The van der Waals surface area contributed by atoms with Crippen LogP contribution in [-0.4, -0.2) is 46.6 Å². The molecule has 0 N–H and O–H groups in total. The number of carbonyl (C=O) groups excluding carboxylic acids is 2. The molecule has 8 nitrogen and oxygen atoms in total. The summed E-state index contributed by atoms with van der Waals surface area (Å²) >= 11 is 0. The zero-order valence-corrected chi connectivity index (χ0v) is 19.6. The smallest absolute Gasteiger partial charge is 0.329 e. The minimum Gasteiger partial charge on any atom is -0.497 e. The highest BCUT2D eigenvalue weighted by atomic mass is 16.6. The Bertz CT molecular complexity index is 1060. The van der Waals surface area contributed by atoms with Crippen molar-refractivity contribution in [1.29, 1.82) is 0 Å². The average molecular weight is 466 g/mol. The number of aromatic nitrogens is 2. The van der Waals surface area contributed by atoms with Gasteiger partial charge in [0.2, 0.25) is 11.7 Å². The van der Waals surface area contributed by atoms with Crippen LogP contribution in [-0.2, 0) is 20.9 Å². The Morgan fingerprint density at radius 2 is 1.88 bits per heavy atom. The van der Waals surface area contributed by atoms with Crippen LogP contribution in [0.15, 0.2) is 28.8 Å². The largest absolute Gasteiger partial charge is 0.497 e. The number of hydrogen-bond acceptors (Lipinski definition) is 7. The molecule has 7 rings (SSSR count). The summed E-state index contributed by atoms with van der Waals surface area (Å²) < 4.78 is 16.1. The third kappa shape index (κ3) is 3.77. The molecule has 5 aliphatic rings. The maximum absolute atomic E-state index is 13.8. The fourth-order valence-electron chi connectivity index (χ4n) is 7.35. The predicted octanol–water partition coefficient (Wildman–Crippen LogP) is 4.00. The molecule has 1 saturated heterocycles. The summed E-state index contributed by atoms with van der Waals surface area (Å²) in [4.78, 5) is 32.9. The molecule has 4 bridgehead atoms. The number of benzene rings is 1. The van der Waals surface area contributed by atoms with Gasteiger partial charge < -0.3 is 18.9 Å². The van der Waals surface area contributed by atoms with Crippen LogP contribution < -0.4 is 4.74 Å². The molecular formula is C26H31N3O5. The Labute approximate surface area is 199 Å². The molecule has 4 saturated carbocycles. The van der Waals surface area contributed by atoms with Crippen LogP contribution in [0.5, 0.6) is 5.75 Å². The number of ether oxygens (including phenoxy) is 2. The van der Waals surface area contributed by atoms with Gasteiger partial charge in [0.1, 0.15) is 11.8 Å². The van der Waals surface area contributed by atoms with Crippen LogP contribution in [0.1, 0.15) is 57.3 Å². The highest BCUT2D eigenvalue weighted by molar-refractivity contribution is 5.89. The number of rotatable bonds is 6.